The third-order valence-electron chi connectivity index (χ3n) is 6.75. The predicted molar refractivity (Wildman–Crippen MR) is 132 cm³/mol. The number of quaternary nitrogens is 1. The van der Waals surface area contributed by atoms with Crippen LogP contribution in [0.3, 0.4) is 0 Å². The first-order valence-electron chi connectivity index (χ1n) is 11.4. The van der Waals surface area contributed by atoms with Gasteiger partial charge in [0.25, 0.3) is 10.1 Å². The molecule has 3 aromatic rings. The third kappa shape index (κ3) is 4.82. The molecule has 0 saturated carbocycles. The summed E-state index contributed by atoms with van der Waals surface area (Å²) in [4.78, 5) is 0.196. The second-order valence-electron chi connectivity index (χ2n) is 8.83. The number of methoxy groups -OCH3 is 2. The Morgan fingerprint density at radius 1 is 0.824 bits per heavy atom. The van der Waals surface area contributed by atoms with Crippen molar-refractivity contribution >= 4 is 10.1 Å². The number of nitrogens with zero attached hydrogens (tertiary/aromatic N) is 1. The van der Waals surface area contributed by atoms with Crippen LogP contribution in [-0.4, -0.2) is 52.9 Å². The van der Waals surface area contributed by atoms with Crippen molar-refractivity contribution < 1.29 is 26.6 Å². The van der Waals surface area contributed by atoms with Crippen molar-refractivity contribution in [3.8, 4) is 11.5 Å². The summed E-state index contributed by atoms with van der Waals surface area (Å²) in [6.45, 7) is 6.11. The molecule has 0 aliphatic carbocycles. The van der Waals surface area contributed by atoms with Gasteiger partial charge in [-0.3, -0.25) is 4.18 Å². The number of benzene rings is 3. The van der Waals surface area contributed by atoms with Crippen molar-refractivity contribution in [2.24, 2.45) is 0 Å². The molecule has 0 radical (unpaired) electrons. The first-order valence-corrected chi connectivity index (χ1v) is 12.8. The molecule has 1 aliphatic rings. The van der Waals surface area contributed by atoms with Crippen molar-refractivity contribution in [3.63, 3.8) is 0 Å². The lowest BCUT2D eigenvalue weighted by atomic mass is 9.89. The van der Waals surface area contributed by atoms with Gasteiger partial charge in [0.05, 0.1) is 25.7 Å². The lowest BCUT2D eigenvalue weighted by Crippen LogP contribution is -2.68. The number of aryl methyl sites for hydroxylation is 1. The quantitative estimate of drug-likeness (QED) is 0.326. The Labute approximate surface area is 202 Å². The van der Waals surface area contributed by atoms with E-state index < -0.39 is 10.1 Å². The molecule has 7 heteroatoms. The Bertz CT molecular complexity index is 1150. The molecule has 0 N–H and O–H groups in total. The van der Waals surface area contributed by atoms with Gasteiger partial charge in [-0.05, 0) is 74.5 Å². The SMILES string of the molecule is CC[N+]1(C(c2ccc(OC)cc2)c2ccc(OC)cc2)CC(OS(=O)(=O)c2ccc(C)cc2)C1. The molecular formula is C27H32NO5S+. The Kier molecular flexibility index (Phi) is 6.98. The molecule has 4 rings (SSSR count). The smallest absolute Gasteiger partial charge is 0.297 e. The third-order valence-corrected chi connectivity index (χ3v) is 8.12. The van der Waals surface area contributed by atoms with Crippen LogP contribution in [-0.2, 0) is 14.3 Å². The molecule has 0 unspecified atom stereocenters. The Hall–Kier alpha value is -2.87. The average molecular weight is 483 g/mol. The zero-order valence-electron chi connectivity index (χ0n) is 20.1. The molecule has 0 amide bonds. The van der Waals surface area contributed by atoms with E-state index in [1.165, 1.54) is 0 Å². The van der Waals surface area contributed by atoms with Crippen molar-refractivity contribution in [1.29, 1.82) is 0 Å². The van der Waals surface area contributed by atoms with E-state index in [0.717, 1.165) is 34.7 Å². The number of rotatable bonds is 9. The highest BCUT2D eigenvalue weighted by Crippen LogP contribution is 2.42. The zero-order valence-corrected chi connectivity index (χ0v) is 20.9. The second kappa shape index (κ2) is 9.78. The van der Waals surface area contributed by atoms with Gasteiger partial charge in [-0.1, -0.05) is 17.7 Å². The molecule has 1 fully saturated rings. The summed E-state index contributed by atoms with van der Waals surface area (Å²) >= 11 is 0. The van der Waals surface area contributed by atoms with E-state index in [1.807, 2.05) is 31.2 Å². The molecule has 1 saturated heterocycles. The van der Waals surface area contributed by atoms with Crippen LogP contribution in [0, 0.1) is 6.92 Å². The minimum absolute atomic E-state index is 0.0312. The van der Waals surface area contributed by atoms with Crippen molar-refractivity contribution in [2.45, 2.75) is 30.9 Å². The highest BCUT2D eigenvalue weighted by Gasteiger charge is 2.51. The van der Waals surface area contributed by atoms with Crippen LogP contribution in [0.2, 0.25) is 0 Å². The number of hydrogen-bond donors (Lipinski definition) is 0. The normalized spacial score (nSPS) is 20.1. The summed E-state index contributed by atoms with van der Waals surface area (Å²) in [5, 5.41) is 0. The summed E-state index contributed by atoms with van der Waals surface area (Å²) in [5.74, 6) is 1.60. The van der Waals surface area contributed by atoms with Crippen molar-refractivity contribution in [2.75, 3.05) is 33.9 Å². The maximum Gasteiger partial charge on any atom is 0.297 e. The lowest BCUT2D eigenvalue weighted by Gasteiger charge is -2.53. The van der Waals surface area contributed by atoms with E-state index in [2.05, 4.69) is 31.2 Å². The van der Waals surface area contributed by atoms with Crippen LogP contribution in [0.25, 0.3) is 0 Å². The van der Waals surface area contributed by atoms with Gasteiger partial charge in [0, 0.05) is 11.1 Å². The molecule has 34 heavy (non-hydrogen) atoms. The van der Waals surface area contributed by atoms with Crippen molar-refractivity contribution in [1.82, 2.24) is 0 Å². The van der Waals surface area contributed by atoms with E-state index in [-0.39, 0.29) is 17.0 Å². The van der Waals surface area contributed by atoms with Gasteiger partial charge < -0.3 is 14.0 Å². The first kappa shape index (κ1) is 24.3. The Balaban J connectivity index is 1.61. The van der Waals surface area contributed by atoms with E-state index in [0.29, 0.717) is 17.6 Å². The van der Waals surface area contributed by atoms with Gasteiger partial charge >= 0.3 is 0 Å². The van der Waals surface area contributed by atoms with Crippen molar-refractivity contribution in [3.05, 3.63) is 89.5 Å². The number of likely N-dealkylation sites (N-methyl/N-ethyl adjacent to an activating group) is 1. The van der Waals surface area contributed by atoms with Gasteiger partial charge in [0.15, 0.2) is 6.10 Å². The molecule has 6 nitrogen and oxygen atoms in total. The molecule has 0 bridgehead atoms. The van der Waals surface area contributed by atoms with Gasteiger partial charge in [0.2, 0.25) is 0 Å². The van der Waals surface area contributed by atoms with Gasteiger partial charge in [-0.15, -0.1) is 0 Å². The van der Waals surface area contributed by atoms with Crippen LogP contribution in [0.5, 0.6) is 11.5 Å². The fourth-order valence-electron chi connectivity index (χ4n) is 4.81. The van der Waals surface area contributed by atoms with Gasteiger partial charge in [-0.2, -0.15) is 8.42 Å². The minimum Gasteiger partial charge on any atom is -0.497 e. The second-order valence-corrected chi connectivity index (χ2v) is 10.4. The van der Waals surface area contributed by atoms with Crippen LogP contribution >= 0.6 is 0 Å². The number of ether oxygens (including phenoxy) is 2. The topological polar surface area (TPSA) is 61.8 Å². The number of likely N-dealkylation sites (tertiary alicyclic amines) is 1. The largest absolute Gasteiger partial charge is 0.497 e. The monoisotopic (exact) mass is 482 g/mol. The molecule has 3 aromatic carbocycles. The van der Waals surface area contributed by atoms with E-state index >= 15 is 0 Å². The maximum absolute atomic E-state index is 12.8. The number of hydrogen-bond acceptors (Lipinski definition) is 5. The molecule has 1 aliphatic heterocycles. The van der Waals surface area contributed by atoms with Gasteiger partial charge in [-0.25, -0.2) is 0 Å². The summed E-state index contributed by atoms with van der Waals surface area (Å²) in [6.07, 6.45) is -0.370. The van der Waals surface area contributed by atoms with Crippen LogP contribution in [0.4, 0.5) is 0 Å². The lowest BCUT2D eigenvalue weighted by molar-refractivity contribution is -0.991. The molecule has 0 spiro atoms. The predicted octanol–water partition coefficient (Wildman–Crippen LogP) is 4.73. The van der Waals surface area contributed by atoms with Crippen LogP contribution in [0.15, 0.2) is 77.7 Å². The minimum atomic E-state index is -3.81. The van der Waals surface area contributed by atoms with Gasteiger partial charge in [0.1, 0.15) is 30.6 Å². The summed E-state index contributed by atoms with van der Waals surface area (Å²) in [5.41, 5.74) is 3.30. The summed E-state index contributed by atoms with van der Waals surface area (Å²) in [7, 11) is -0.502. The molecule has 1 heterocycles. The van der Waals surface area contributed by atoms with E-state index in [9.17, 15) is 8.42 Å². The summed E-state index contributed by atoms with van der Waals surface area (Å²) < 4.78 is 42.7. The van der Waals surface area contributed by atoms with E-state index in [4.69, 9.17) is 13.7 Å². The molecular weight excluding hydrogens is 450 g/mol. The fraction of sp³-hybridized carbons (Fsp3) is 0.333. The zero-order chi connectivity index (χ0) is 24.3. The fourth-order valence-corrected chi connectivity index (χ4v) is 5.87. The highest BCUT2D eigenvalue weighted by molar-refractivity contribution is 7.86. The average Bonchev–Trinajstić information content (AvgIpc) is 2.83. The summed E-state index contributed by atoms with van der Waals surface area (Å²) in [6, 6.07) is 23.0. The maximum atomic E-state index is 12.8. The Morgan fingerprint density at radius 3 is 1.71 bits per heavy atom. The highest BCUT2D eigenvalue weighted by atomic mass is 32.2. The standard InChI is InChI=1S/C27H32NO5S/c1-5-28(18-25(19-28)33-34(29,30)26-16-6-20(2)7-17-26)27(21-8-12-23(31-3)13-9-21)22-10-14-24(32-4)15-11-22/h6-17,25,27H,5,18-19H2,1-4H3/q+1. The van der Waals surface area contributed by atoms with Crippen LogP contribution in [0.1, 0.15) is 29.7 Å². The van der Waals surface area contributed by atoms with E-state index in [1.54, 1.807) is 38.5 Å². The van der Waals surface area contributed by atoms with Crippen LogP contribution < -0.4 is 9.47 Å². The molecule has 0 atom stereocenters. The molecule has 180 valence electrons. The molecule has 0 aromatic heterocycles. The first-order chi connectivity index (χ1) is 16.3. The Morgan fingerprint density at radius 2 is 1.29 bits per heavy atom.